The largest absolute Gasteiger partial charge is 0.373 e. The van der Waals surface area contributed by atoms with Crippen molar-refractivity contribution in [3.05, 3.63) is 53.9 Å². The minimum atomic E-state index is -3.58. The lowest BCUT2D eigenvalue weighted by molar-refractivity contribution is 0.521. The summed E-state index contributed by atoms with van der Waals surface area (Å²) >= 11 is 0. The van der Waals surface area contributed by atoms with Gasteiger partial charge in [-0.3, -0.25) is 0 Å². The van der Waals surface area contributed by atoms with E-state index in [-0.39, 0.29) is 17.1 Å². The van der Waals surface area contributed by atoms with Crippen LogP contribution in [0, 0.1) is 11.6 Å². The summed E-state index contributed by atoms with van der Waals surface area (Å²) in [4.78, 5) is 4.66. The van der Waals surface area contributed by atoms with Gasteiger partial charge < -0.3 is 9.88 Å². The molecule has 0 atom stereocenters. The summed E-state index contributed by atoms with van der Waals surface area (Å²) in [6.45, 7) is 2.75. The normalized spacial score (nSPS) is 12.1. The molecule has 0 radical (unpaired) electrons. The summed E-state index contributed by atoms with van der Waals surface area (Å²) in [5.74, 6) is -0.797. The number of rotatable bonds is 7. The Bertz CT molecular complexity index is 1090. The topological polar surface area (TPSA) is 67.2 Å². The van der Waals surface area contributed by atoms with E-state index in [2.05, 4.69) is 10.3 Å². The van der Waals surface area contributed by atoms with Gasteiger partial charge in [-0.25, -0.2) is 26.5 Å². The van der Waals surface area contributed by atoms with Gasteiger partial charge in [0.25, 0.3) is 0 Å². The maximum absolute atomic E-state index is 13.9. The predicted molar refractivity (Wildman–Crippen MR) is 105 cm³/mol. The molecule has 9 heteroatoms. The zero-order valence-corrected chi connectivity index (χ0v) is 16.7. The van der Waals surface area contributed by atoms with Crippen molar-refractivity contribution in [1.29, 1.82) is 0 Å². The predicted octanol–water partition coefficient (Wildman–Crippen LogP) is 3.59. The van der Waals surface area contributed by atoms with Gasteiger partial charge in [-0.15, -0.1) is 0 Å². The molecule has 28 heavy (non-hydrogen) atoms. The highest BCUT2D eigenvalue weighted by atomic mass is 32.2. The quantitative estimate of drug-likeness (QED) is 0.649. The monoisotopic (exact) mass is 408 g/mol. The van der Waals surface area contributed by atoms with Gasteiger partial charge in [0.15, 0.2) is 0 Å². The second kappa shape index (κ2) is 7.84. The SMILES string of the molecule is CCCn1c(CNc2c(F)cccc2F)nc2cc(S(=O)(=O)N(C)C)ccc21. The highest BCUT2D eigenvalue weighted by molar-refractivity contribution is 7.89. The summed E-state index contributed by atoms with van der Waals surface area (Å²) < 4.78 is 55.5. The van der Waals surface area contributed by atoms with Crippen LogP contribution in [0.5, 0.6) is 0 Å². The summed E-state index contributed by atoms with van der Waals surface area (Å²) in [7, 11) is -0.650. The first kappa shape index (κ1) is 20.2. The number of hydrogen-bond acceptors (Lipinski definition) is 4. The van der Waals surface area contributed by atoms with Crippen LogP contribution in [0.3, 0.4) is 0 Å². The van der Waals surface area contributed by atoms with Crippen LogP contribution in [-0.2, 0) is 23.1 Å². The first-order chi connectivity index (χ1) is 13.3. The minimum absolute atomic E-state index is 0.0995. The van der Waals surface area contributed by atoms with E-state index in [0.717, 1.165) is 16.2 Å². The maximum atomic E-state index is 13.9. The third-order valence-electron chi connectivity index (χ3n) is 4.41. The summed E-state index contributed by atoms with van der Waals surface area (Å²) in [5.41, 5.74) is 1.07. The van der Waals surface area contributed by atoms with Gasteiger partial charge in [0.05, 0.1) is 22.5 Å². The molecule has 1 N–H and O–H groups in total. The van der Waals surface area contributed by atoms with Gasteiger partial charge in [0, 0.05) is 20.6 Å². The Hall–Kier alpha value is -2.52. The number of nitrogens with zero attached hydrogens (tertiary/aromatic N) is 3. The Labute approximate surface area is 162 Å². The molecule has 150 valence electrons. The van der Waals surface area contributed by atoms with Crippen LogP contribution in [0.25, 0.3) is 11.0 Å². The number of benzene rings is 2. The lowest BCUT2D eigenvalue weighted by atomic mass is 10.3. The first-order valence-electron chi connectivity index (χ1n) is 8.85. The Balaban J connectivity index is 2.01. The van der Waals surface area contributed by atoms with E-state index >= 15 is 0 Å². The van der Waals surface area contributed by atoms with Crippen molar-refractivity contribution >= 4 is 26.7 Å². The molecule has 3 aromatic rings. The molecule has 0 fully saturated rings. The first-order valence-corrected chi connectivity index (χ1v) is 10.3. The van der Waals surface area contributed by atoms with Crippen molar-refractivity contribution in [3.63, 3.8) is 0 Å². The van der Waals surface area contributed by atoms with Crippen LogP contribution >= 0.6 is 0 Å². The molecular weight excluding hydrogens is 386 g/mol. The third kappa shape index (κ3) is 3.72. The summed E-state index contributed by atoms with van der Waals surface area (Å²) in [6.07, 6.45) is 0.824. The zero-order valence-electron chi connectivity index (χ0n) is 15.9. The van der Waals surface area contributed by atoms with Crippen LogP contribution in [0.4, 0.5) is 14.5 Å². The average molecular weight is 408 g/mol. The molecule has 1 aromatic heterocycles. The molecule has 0 spiro atoms. The van der Waals surface area contributed by atoms with Crippen molar-refractivity contribution in [3.8, 4) is 0 Å². The fourth-order valence-corrected chi connectivity index (χ4v) is 3.90. The number of aryl methyl sites for hydroxylation is 1. The number of imidazole rings is 1. The van der Waals surface area contributed by atoms with Gasteiger partial charge in [-0.05, 0) is 36.8 Å². The molecule has 0 bridgehead atoms. The Morgan fingerprint density at radius 3 is 2.43 bits per heavy atom. The lowest BCUT2D eigenvalue weighted by Gasteiger charge is -2.12. The molecule has 1 heterocycles. The molecular formula is C19H22F2N4O2S. The molecule has 0 aliphatic carbocycles. The summed E-state index contributed by atoms with van der Waals surface area (Å²) in [6, 6.07) is 8.43. The van der Waals surface area contributed by atoms with Crippen LogP contribution in [-0.4, -0.2) is 36.4 Å². The van der Waals surface area contributed by atoms with Crippen molar-refractivity contribution < 1.29 is 17.2 Å². The Kier molecular flexibility index (Phi) is 5.66. The molecule has 2 aromatic carbocycles. The molecule has 0 aliphatic heterocycles. The second-order valence-electron chi connectivity index (χ2n) is 6.57. The Morgan fingerprint density at radius 1 is 1.14 bits per heavy atom. The number of para-hydroxylation sites is 1. The van der Waals surface area contributed by atoms with Crippen LogP contribution in [0.1, 0.15) is 19.2 Å². The van der Waals surface area contributed by atoms with Crippen molar-refractivity contribution in [2.45, 2.75) is 31.3 Å². The molecule has 0 saturated heterocycles. The smallest absolute Gasteiger partial charge is 0.242 e. The molecule has 0 saturated carbocycles. The van der Waals surface area contributed by atoms with Crippen molar-refractivity contribution in [2.75, 3.05) is 19.4 Å². The van der Waals surface area contributed by atoms with E-state index in [1.165, 1.54) is 38.4 Å². The van der Waals surface area contributed by atoms with E-state index in [9.17, 15) is 17.2 Å². The Morgan fingerprint density at radius 2 is 1.82 bits per heavy atom. The number of nitrogens with one attached hydrogen (secondary N) is 1. The highest BCUT2D eigenvalue weighted by Gasteiger charge is 2.20. The zero-order chi connectivity index (χ0) is 20.5. The number of anilines is 1. The maximum Gasteiger partial charge on any atom is 0.242 e. The fraction of sp³-hybridized carbons (Fsp3) is 0.316. The van der Waals surface area contributed by atoms with Crippen molar-refractivity contribution in [2.24, 2.45) is 0 Å². The van der Waals surface area contributed by atoms with E-state index < -0.39 is 21.7 Å². The average Bonchev–Trinajstić information content (AvgIpc) is 2.98. The van der Waals surface area contributed by atoms with Crippen LogP contribution < -0.4 is 5.32 Å². The number of halogens is 2. The van der Waals surface area contributed by atoms with E-state index in [0.29, 0.717) is 17.9 Å². The van der Waals surface area contributed by atoms with Crippen molar-refractivity contribution in [1.82, 2.24) is 13.9 Å². The van der Waals surface area contributed by atoms with Crippen LogP contribution in [0.2, 0.25) is 0 Å². The fourth-order valence-electron chi connectivity index (χ4n) is 2.97. The molecule has 3 rings (SSSR count). The minimum Gasteiger partial charge on any atom is -0.373 e. The summed E-state index contributed by atoms with van der Waals surface area (Å²) in [5, 5.41) is 2.76. The number of sulfonamides is 1. The lowest BCUT2D eigenvalue weighted by Crippen LogP contribution is -2.22. The molecule has 0 aliphatic rings. The standard InChI is InChI=1S/C19H22F2N4O2S/c1-4-10-25-17-9-8-13(28(26,27)24(2)3)11-16(17)23-18(25)12-22-19-14(20)6-5-7-15(19)21/h5-9,11,22H,4,10,12H2,1-3H3. The highest BCUT2D eigenvalue weighted by Crippen LogP contribution is 2.24. The van der Waals surface area contributed by atoms with Gasteiger partial charge in [0.1, 0.15) is 23.1 Å². The molecule has 0 unspecified atom stereocenters. The number of hydrogen-bond donors (Lipinski definition) is 1. The number of fused-ring (bicyclic) bond motifs is 1. The number of aromatic nitrogens is 2. The van der Waals surface area contributed by atoms with Gasteiger partial charge in [-0.2, -0.15) is 0 Å². The molecule has 0 amide bonds. The van der Waals surface area contributed by atoms with E-state index in [4.69, 9.17) is 0 Å². The van der Waals surface area contributed by atoms with Gasteiger partial charge in [-0.1, -0.05) is 13.0 Å². The van der Waals surface area contributed by atoms with E-state index in [1.807, 2.05) is 11.5 Å². The van der Waals surface area contributed by atoms with Crippen LogP contribution in [0.15, 0.2) is 41.3 Å². The molecule has 6 nitrogen and oxygen atoms in total. The van der Waals surface area contributed by atoms with Gasteiger partial charge >= 0.3 is 0 Å². The second-order valence-corrected chi connectivity index (χ2v) is 8.72. The van der Waals surface area contributed by atoms with E-state index in [1.54, 1.807) is 12.1 Å². The third-order valence-corrected chi connectivity index (χ3v) is 6.22. The van der Waals surface area contributed by atoms with Gasteiger partial charge in [0.2, 0.25) is 10.0 Å².